The topological polar surface area (TPSA) is 32.3 Å². The Kier molecular flexibility index (Phi) is 9.94. The molecule has 0 fully saturated rings. The van der Waals surface area contributed by atoms with E-state index in [0.29, 0.717) is 6.04 Å². The largest absolute Gasteiger partial charge is 0.395 e. The highest BCUT2D eigenvalue weighted by Gasteiger charge is 2.03. The number of aliphatic hydroxyl groups is 1. The molecular formula is C11H25NO. The zero-order valence-corrected chi connectivity index (χ0v) is 9.18. The van der Waals surface area contributed by atoms with Gasteiger partial charge in [0, 0.05) is 12.6 Å². The van der Waals surface area contributed by atoms with E-state index >= 15 is 0 Å². The summed E-state index contributed by atoms with van der Waals surface area (Å²) >= 11 is 0. The van der Waals surface area contributed by atoms with Crippen LogP contribution in [0.4, 0.5) is 0 Å². The molecule has 0 amide bonds. The van der Waals surface area contributed by atoms with Crippen LogP contribution < -0.4 is 5.32 Å². The Labute approximate surface area is 82.7 Å². The number of unbranched alkanes of at least 4 members (excludes halogenated alkanes) is 3. The zero-order chi connectivity index (χ0) is 9.94. The molecule has 0 aliphatic carbocycles. The van der Waals surface area contributed by atoms with Crippen LogP contribution in [0, 0.1) is 0 Å². The quantitative estimate of drug-likeness (QED) is 0.543. The Bertz CT molecular complexity index is 96.1. The van der Waals surface area contributed by atoms with Gasteiger partial charge >= 0.3 is 0 Å². The predicted molar refractivity (Wildman–Crippen MR) is 57.9 cm³/mol. The maximum Gasteiger partial charge on any atom is 0.0556 e. The summed E-state index contributed by atoms with van der Waals surface area (Å²) in [6.45, 7) is 5.44. The van der Waals surface area contributed by atoms with E-state index < -0.39 is 0 Å². The van der Waals surface area contributed by atoms with Crippen LogP contribution in [0.3, 0.4) is 0 Å². The molecule has 0 aromatic carbocycles. The van der Waals surface area contributed by atoms with Gasteiger partial charge in [0.15, 0.2) is 0 Å². The van der Waals surface area contributed by atoms with Gasteiger partial charge in [-0.3, -0.25) is 0 Å². The molecule has 0 aliphatic rings. The minimum absolute atomic E-state index is 0.255. The lowest BCUT2D eigenvalue weighted by atomic mass is 10.1. The standard InChI is InChI=1S/C11H25NO/c1-3-5-6-7-8-11(4-2)12-9-10-13/h11-13H,3-10H2,1-2H3. The minimum atomic E-state index is 0.255. The Morgan fingerprint density at radius 3 is 2.46 bits per heavy atom. The first-order chi connectivity index (χ1) is 6.35. The van der Waals surface area contributed by atoms with Crippen LogP contribution in [0.5, 0.6) is 0 Å². The van der Waals surface area contributed by atoms with E-state index in [1.165, 1.54) is 38.5 Å². The average Bonchev–Trinajstić information content (AvgIpc) is 2.17. The van der Waals surface area contributed by atoms with Crippen molar-refractivity contribution in [1.82, 2.24) is 5.32 Å². The summed E-state index contributed by atoms with van der Waals surface area (Å²) in [6, 6.07) is 0.615. The van der Waals surface area contributed by atoms with Gasteiger partial charge < -0.3 is 10.4 Å². The van der Waals surface area contributed by atoms with E-state index in [1.807, 2.05) is 0 Å². The first kappa shape index (κ1) is 12.9. The smallest absolute Gasteiger partial charge is 0.0556 e. The lowest BCUT2D eigenvalue weighted by Gasteiger charge is -2.15. The fourth-order valence-electron chi connectivity index (χ4n) is 1.54. The molecule has 2 nitrogen and oxygen atoms in total. The Morgan fingerprint density at radius 1 is 1.15 bits per heavy atom. The number of aliphatic hydroxyl groups excluding tert-OH is 1. The lowest BCUT2D eigenvalue weighted by Crippen LogP contribution is -2.30. The van der Waals surface area contributed by atoms with Crippen LogP contribution >= 0.6 is 0 Å². The van der Waals surface area contributed by atoms with E-state index in [4.69, 9.17) is 5.11 Å². The second-order valence-corrected chi connectivity index (χ2v) is 3.63. The third kappa shape index (κ3) is 8.26. The molecule has 0 spiro atoms. The van der Waals surface area contributed by atoms with Gasteiger partial charge in [-0.25, -0.2) is 0 Å². The van der Waals surface area contributed by atoms with Crippen molar-refractivity contribution in [3.8, 4) is 0 Å². The SMILES string of the molecule is CCCCCCC(CC)NCCO. The van der Waals surface area contributed by atoms with Gasteiger partial charge in [-0.2, -0.15) is 0 Å². The van der Waals surface area contributed by atoms with Gasteiger partial charge in [-0.05, 0) is 12.8 Å². The van der Waals surface area contributed by atoms with Crippen LogP contribution in [0.1, 0.15) is 52.4 Å². The number of hydrogen-bond donors (Lipinski definition) is 2. The Hall–Kier alpha value is -0.0800. The van der Waals surface area contributed by atoms with Crippen molar-refractivity contribution >= 4 is 0 Å². The fourth-order valence-corrected chi connectivity index (χ4v) is 1.54. The van der Waals surface area contributed by atoms with E-state index in [0.717, 1.165) is 6.54 Å². The van der Waals surface area contributed by atoms with Crippen molar-refractivity contribution in [2.24, 2.45) is 0 Å². The van der Waals surface area contributed by atoms with Crippen molar-refractivity contribution in [1.29, 1.82) is 0 Å². The normalized spacial score (nSPS) is 13.2. The Balaban J connectivity index is 3.25. The van der Waals surface area contributed by atoms with Crippen LogP contribution in [0.2, 0.25) is 0 Å². The molecule has 0 aromatic rings. The molecule has 0 rings (SSSR count). The summed E-state index contributed by atoms with van der Waals surface area (Å²) in [5.74, 6) is 0. The Morgan fingerprint density at radius 2 is 1.92 bits per heavy atom. The number of nitrogens with one attached hydrogen (secondary N) is 1. The first-order valence-corrected chi connectivity index (χ1v) is 5.69. The summed E-state index contributed by atoms with van der Waals surface area (Å²) in [4.78, 5) is 0. The number of rotatable bonds is 9. The van der Waals surface area contributed by atoms with Crippen molar-refractivity contribution in [2.45, 2.75) is 58.4 Å². The monoisotopic (exact) mass is 187 g/mol. The summed E-state index contributed by atoms with van der Waals surface area (Å²) < 4.78 is 0. The first-order valence-electron chi connectivity index (χ1n) is 5.69. The molecule has 0 aromatic heterocycles. The minimum Gasteiger partial charge on any atom is -0.395 e. The highest BCUT2D eigenvalue weighted by molar-refractivity contribution is 4.64. The van der Waals surface area contributed by atoms with Crippen molar-refractivity contribution in [3.05, 3.63) is 0 Å². The molecule has 0 bridgehead atoms. The molecular weight excluding hydrogens is 162 g/mol. The summed E-state index contributed by atoms with van der Waals surface area (Å²) in [5, 5.41) is 12.0. The summed E-state index contributed by atoms with van der Waals surface area (Å²) in [5.41, 5.74) is 0. The van der Waals surface area contributed by atoms with Crippen LogP contribution in [0.15, 0.2) is 0 Å². The van der Waals surface area contributed by atoms with Gasteiger partial charge in [0.2, 0.25) is 0 Å². The molecule has 80 valence electrons. The van der Waals surface area contributed by atoms with Crippen LogP contribution in [-0.2, 0) is 0 Å². The molecule has 0 saturated heterocycles. The van der Waals surface area contributed by atoms with Crippen molar-refractivity contribution in [3.63, 3.8) is 0 Å². The second kappa shape index (κ2) is 10.0. The summed E-state index contributed by atoms with van der Waals surface area (Å²) in [7, 11) is 0. The number of hydrogen-bond acceptors (Lipinski definition) is 2. The molecule has 1 atom stereocenters. The van der Waals surface area contributed by atoms with E-state index in [1.54, 1.807) is 0 Å². The molecule has 0 saturated carbocycles. The molecule has 0 aliphatic heterocycles. The lowest BCUT2D eigenvalue weighted by molar-refractivity contribution is 0.280. The van der Waals surface area contributed by atoms with Crippen LogP contribution in [-0.4, -0.2) is 24.3 Å². The fraction of sp³-hybridized carbons (Fsp3) is 1.00. The van der Waals surface area contributed by atoms with Gasteiger partial charge in [0.05, 0.1) is 6.61 Å². The zero-order valence-electron chi connectivity index (χ0n) is 9.18. The van der Waals surface area contributed by atoms with Gasteiger partial charge in [-0.1, -0.05) is 39.5 Å². The maximum atomic E-state index is 8.66. The van der Waals surface area contributed by atoms with Crippen molar-refractivity contribution < 1.29 is 5.11 Å². The highest BCUT2D eigenvalue weighted by atomic mass is 16.3. The molecule has 1 unspecified atom stereocenters. The molecule has 0 heterocycles. The highest BCUT2D eigenvalue weighted by Crippen LogP contribution is 2.07. The van der Waals surface area contributed by atoms with Gasteiger partial charge in [0.25, 0.3) is 0 Å². The van der Waals surface area contributed by atoms with Gasteiger partial charge in [0.1, 0.15) is 0 Å². The summed E-state index contributed by atoms with van der Waals surface area (Å²) in [6.07, 6.45) is 7.78. The third-order valence-electron chi connectivity index (χ3n) is 2.44. The maximum absolute atomic E-state index is 8.66. The van der Waals surface area contributed by atoms with Gasteiger partial charge in [-0.15, -0.1) is 0 Å². The molecule has 0 radical (unpaired) electrons. The van der Waals surface area contributed by atoms with E-state index in [-0.39, 0.29) is 6.61 Å². The van der Waals surface area contributed by atoms with E-state index in [9.17, 15) is 0 Å². The molecule has 13 heavy (non-hydrogen) atoms. The predicted octanol–water partition coefficient (Wildman–Crippen LogP) is 2.32. The van der Waals surface area contributed by atoms with Crippen LogP contribution in [0.25, 0.3) is 0 Å². The van der Waals surface area contributed by atoms with E-state index in [2.05, 4.69) is 19.2 Å². The van der Waals surface area contributed by atoms with Crippen molar-refractivity contribution in [2.75, 3.05) is 13.2 Å². The molecule has 2 heteroatoms. The second-order valence-electron chi connectivity index (χ2n) is 3.63. The third-order valence-corrected chi connectivity index (χ3v) is 2.44. The molecule has 2 N–H and O–H groups in total. The average molecular weight is 187 g/mol.